The van der Waals surface area contributed by atoms with Crippen LogP contribution in [-0.2, 0) is 11.3 Å². The zero-order valence-electron chi connectivity index (χ0n) is 15.6. The number of ketones is 1. The van der Waals surface area contributed by atoms with Crippen LogP contribution in [0.3, 0.4) is 0 Å². The highest BCUT2D eigenvalue weighted by Gasteiger charge is 2.17. The number of benzene rings is 2. The average Bonchev–Trinajstić information content (AvgIpc) is 3.11. The van der Waals surface area contributed by atoms with Crippen LogP contribution in [0.1, 0.15) is 10.4 Å². The Balaban J connectivity index is 1.72. The zero-order chi connectivity index (χ0) is 20.4. The van der Waals surface area contributed by atoms with Crippen LogP contribution in [0.5, 0.6) is 0 Å². The van der Waals surface area contributed by atoms with E-state index in [4.69, 9.17) is 21.3 Å². The standard InChI is InChI=1S/C21H18ClN3O3S/c1-28-11-10-25-20(27)19-18(15-4-2-3-5-16(15)23-19)24-21(25)29-12-17(26)13-6-8-14(22)9-7-13/h2-9,23H,10-12H2,1H3. The first-order chi connectivity index (χ1) is 14.1. The van der Waals surface area contributed by atoms with Gasteiger partial charge in [-0.3, -0.25) is 14.2 Å². The van der Waals surface area contributed by atoms with Gasteiger partial charge < -0.3 is 9.72 Å². The number of methoxy groups -OCH3 is 1. The Morgan fingerprint density at radius 1 is 1.21 bits per heavy atom. The number of para-hydroxylation sites is 1. The molecule has 8 heteroatoms. The third-order valence-corrected chi connectivity index (χ3v) is 5.82. The second-order valence-electron chi connectivity index (χ2n) is 6.46. The van der Waals surface area contributed by atoms with Crippen LogP contribution in [0, 0.1) is 0 Å². The van der Waals surface area contributed by atoms with Crippen LogP contribution < -0.4 is 5.56 Å². The van der Waals surface area contributed by atoms with Gasteiger partial charge in [0.05, 0.1) is 18.9 Å². The highest BCUT2D eigenvalue weighted by Crippen LogP contribution is 2.25. The summed E-state index contributed by atoms with van der Waals surface area (Å²) < 4.78 is 6.70. The van der Waals surface area contributed by atoms with Crippen LogP contribution in [0.2, 0.25) is 5.02 Å². The number of aromatic nitrogens is 3. The SMILES string of the molecule is COCCn1c(SCC(=O)c2ccc(Cl)cc2)nc2c([nH]c3ccccc32)c1=O. The van der Waals surface area contributed by atoms with E-state index >= 15 is 0 Å². The highest BCUT2D eigenvalue weighted by molar-refractivity contribution is 7.99. The van der Waals surface area contributed by atoms with E-state index < -0.39 is 0 Å². The monoisotopic (exact) mass is 427 g/mol. The predicted molar refractivity (Wildman–Crippen MR) is 116 cm³/mol. The number of hydrogen-bond donors (Lipinski definition) is 1. The Bertz CT molecular complexity index is 1250. The zero-order valence-corrected chi connectivity index (χ0v) is 17.2. The van der Waals surface area contributed by atoms with E-state index in [1.165, 1.54) is 11.8 Å². The van der Waals surface area contributed by atoms with Crippen LogP contribution in [-0.4, -0.2) is 39.8 Å². The molecule has 2 aromatic carbocycles. The van der Waals surface area contributed by atoms with Crippen molar-refractivity contribution in [1.82, 2.24) is 14.5 Å². The first kappa shape index (κ1) is 19.7. The van der Waals surface area contributed by atoms with Crippen molar-refractivity contribution in [3.05, 3.63) is 69.5 Å². The van der Waals surface area contributed by atoms with Crippen molar-refractivity contribution in [2.75, 3.05) is 19.5 Å². The molecule has 0 aliphatic rings. The number of ether oxygens (including phenoxy) is 1. The summed E-state index contributed by atoms with van der Waals surface area (Å²) in [5, 5.41) is 1.95. The molecule has 0 fully saturated rings. The Kier molecular flexibility index (Phi) is 5.71. The van der Waals surface area contributed by atoms with Gasteiger partial charge >= 0.3 is 0 Å². The van der Waals surface area contributed by atoms with Gasteiger partial charge in [0.2, 0.25) is 0 Å². The minimum Gasteiger partial charge on any atom is -0.383 e. The molecule has 0 atom stereocenters. The number of nitrogens with one attached hydrogen (secondary N) is 1. The molecule has 29 heavy (non-hydrogen) atoms. The van der Waals surface area contributed by atoms with Gasteiger partial charge in [0, 0.05) is 28.6 Å². The number of thioether (sulfide) groups is 1. The fraction of sp³-hybridized carbons (Fsp3) is 0.190. The van der Waals surface area contributed by atoms with E-state index in [1.807, 2.05) is 24.3 Å². The summed E-state index contributed by atoms with van der Waals surface area (Å²) in [5.41, 5.74) is 2.31. The maximum absolute atomic E-state index is 13.1. The van der Waals surface area contributed by atoms with Crippen LogP contribution in [0.4, 0.5) is 0 Å². The minimum atomic E-state index is -0.176. The summed E-state index contributed by atoms with van der Waals surface area (Å²) in [6, 6.07) is 14.4. The van der Waals surface area contributed by atoms with E-state index in [-0.39, 0.29) is 17.1 Å². The topological polar surface area (TPSA) is 77.0 Å². The van der Waals surface area contributed by atoms with Crippen molar-refractivity contribution in [1.29, 1.82) is 0 Å². The molecule has 0 amide bonds. The molecule has 2 heterocycles. The third-order valence-electron chi connectivity index (χ3n) is 4.59. The molecule has 0 saturated heterocycles. The Morgan fingerprint density at radius 2 is 1.97 bits per heavy atom. The predicted octanol–water partition coefficient (Wildman–Crippen LogP) is 4.15. The Hall–Kier alpha value is -2.61. The van der Waals surface area contributed by atoms with Crippen LogP contribution >= 0.6 is 23.4 Å². The van der Waals surface area contributed by atoms with E-state index in [1.54, 1.807) is 35.9 Å². The molecule has 4 rings (SSSR count). The molecule has 2 aromatic heterocycles. The molecule has 4 aromatic rings. The summed E-state index contributed by atoms with van der Waals surface area (Å²) >= 11 is 7.13. The van der Waals surface area contributed by atoms with Gasteiger partial charge in [-0.15, -0.1) is 0 Å². The molecule has 0 radical (unpaired) electrons. The van der Waals surface area contributed by atoms with Crippen molar-refractivity contribution >= 4 is 51.1 Å². The van der Waals surface area contributed by atoms with E-state index in [9.17, 15) is 9.59 Å². The fourth-order valence-electron chi connectivity index (χ4n) is 3.12. The van der Waals surface area contributed by atoms with Gasteiger partial charge in [0.25, 0.3) is 5.56 Å². The summed E-state index contributed by atoms with van der Waals surface area (Å²) in [6.45, 7) is 0.719. The number of hydrogen-bond acceptors (Lipinski definition) is 5. The minimum absolute atomic E-state index is 0.0572. The molecule has 0 aliphatic heterocycles. The summed E-state index contributed by atoms with van der Waals surface area (Å²) in [6.07, 6.45) is 0. The molecule has 1 N–H and O–H groups in total. The van der Waals surface area contributed by atoms with Crippen molar-refractivity contribution in [2.24, 2.45) is 0 Å². The molecule has 0 unspecified atom stereocenters. The first-order valence-corrected chi connectivity index (χ1v) is 10.4. The van der Waals surface area contributed by atoms with E-state index in [0.29, 0.717) is 39.9 Å². The molecule has 0 aliphatic carbocycles. The van der Waals surface area contributed by atoms with Gasteiger partial charge in [-0.1, -0.05) is 41.6 Å². The highest BCUT2D eigenvalue weighted by atomic mass is 35.5. The number of aromatic amines is 1. The lowest BCUT2D eigenvalue weighted by Gasteiger charge is -2.11. The van der Waals surface area contributed by atoms with Gasteiger partial charge in [0.1, 0.15) is 11.0 Å². The number of Topliss-reactive ketones (excluding diaryl/α,β-unsaturated/α-hetero) is 1. The van der Waals surface area contributed by atoms with Gasteiger partial charge in [-0.2, -0.15) is 0 Å². The van der Waals surface area contributed by atoms with E-state index in [2.05, 4.69) is 4.98 Å². The smallest absolute Gasteiger partial charge is 0.278 e. The molecule has 0 spiro atoms. The lowest BCUT2D eigenvalue weighted by atomic mass is 10.1. The largest absolute Gasteiger partial charge is 0.383 e. The summed E-state index contributed by atoms with van der Waals surface area (Å²) in [4.78, 5) is 33.5. The number of H-pyrrole nitrogens is 1. The van der Waals surface area contributed by atoms with Crippen molar-refractivity contribution in [2.45, 2.75) is 11.7 Å². The maximum Gasteiger partial charge on any atom is 0.278 e. The van der Waals surface area contributed by atoms with Crippen molar-refractivity contribution in [3.8, 4) is 0 Å². The number of rotatable bonds is 7. The normalized spacial score (nSPS) is 11.4. The fourth-order valence-corrected chi connectivity index (χ4v) is 4.15. The lowest BCUT2D eigenvalue weighted by molar-refractivity contribution is 0.102. The van der Waals surface area contributed by atoms with Crippen LogP contribution in [0.15, 0.2) is 58.5 Å². The Morgan fingerprint density at radius 3 is 2.72 bits per heavy atom. The molecule has 0 saturated carbocycles. The average molecular weight is 428 g/mol. The number of fused-ring (bicyclic) bond motifs is 3. The second-order valence-corrected chi connectivity index (χ2v) is 7.84. The maximum atomic E-state index is 13.1. The lowest BCUT2D eigenvalue weighted by Crippen LogP contribution is -2.25. The van der Waals surface area contributed by atoms with Gasteiger partial charge in [0.15, 0.2) is 10.9 Å². The summed E-state index contributed by atoms with van der Waals surface area (Å²) in [7, 11) is 1.58. The Labute approximate surface area is 175 Å². The third kappa shape index (κ3) is 3.94. The number of carbonyl (C=O) groups excluding carboxylic acids is 1. The molecule has 0 bridgehead atoms. The molecular weight excluding hydrogens is 410 g/mol. The molecular formula is C21H18ClN3O3S. The molecule has 6 nitrogen and oxygen atoms in total. The quantitative estimate of drug-likeness (QED) is 0.272. The summed E-state index contributed by atoms with van der Waals surface area (Å²) in [5.74, 6) is 0.104. The van der Waals surface area contributed by atoms with Crippen molar-refractivity contribution < 1.29 is 9.53 Å². The number of nitrogens with zero attached hydrogens (tertiary/aromatic N) is 2. The van der Waals surface area contributed by atoms with E-state index in [0.717, 1.165) is 10.9 Å². The molecule has 148 valence electrons. The van der Waals surface area contributed by atoms with Gasteiger partial charge in [-0.05, 0) is 30.3 Å². The first-order valence-electron chi connectivity index (χ1n) is 9.00. The van der Waals surface area contributed by atoms with Crippen LogP contribution in [0.25, 0.3) is 21.9 Å². The number of halogens is 1. The second kappa shape index (κ2) is 8.41. The van der Waals surface area contributed by atoms with Gasteiger partial charge in [-0.25, -0.2) is 4.98 Å². The number of carbonyl (C=O) groups is 1. The van der Waals surface area contributed by atoms with Crippen molar-refractivity contribution in [3.63, 3.8) is 0 Å².